The summed E-state index contributed by atoms with van der Waals surface area (Å²) in [6.07, 6.45) is 0.380. The molecule has 0 saturated heterocycles. The van der Waals surface area contributed by atoms with Crippen LogP contribution >= 0.6 is 15.9 Å². The number of hydrogen-bond donors (Lipinski definition) is 3. The number of halogens is 1. The number of nitrogens with two attached hydrogens (primary N) is 1. The molecule has 0 aliphatic carbocycles. The number of amides is 1. The molecule has 5 heteroatoms. The summed E-state index contributed by atoms with van der Waals surface area (Å²) >= 11 is 3.48. The summed E-state index contributed by atoms with van der Waals surface area (Å²) < 4.78 is 0.974. The van der Waals surface area contributed by atoms with E-state index in [1.807, 2.05) is 32.0 Å². The van der Waals surface area contributed by atoms with Crippen LogP contribution in [0.2, 0.25) is 0 Å². The van der Waals surface area contributed by atoms with Crippen molar-refractivity contribution in [3.05, 3.63) is 28.2 Å². The number of carbonyl (C=O) groups is 1. The number of benzene rings is 1. The van der Waals surface area contributed by atoms with Gasteiger partial charge in [-0.25, -0.2) is 0 Å². The number of aryl methyl sites for hydroxylation is 1. The molecular formula is C13H20BrN3O. The van der Waals surface area contributed by atoms with E-state index in [4.69, 9.17) is 5.73 Å². The van der Waals surface area contributed by atoms with Crippen molar-refractivity contribution in [1.29, 1.82) is 0 Å². The van der Waals surface area contributed by atoms with Gasteiger partial charge in [-0.2, -0.15) is 0 Å². The zero-order valence-electron chi connectivity index (χ0n) is 10.8. The predicted molar refractivity (Wildman–Crippen MR) is 78.6 cm³/mol. The fourth-order valence-electron chi connectivity index (χ4n) is 1.66. The summed E-state index contributed by atoms with van der Waals surface area (Å²) in [6, 6.07) is 5.98. The number of rotatable bonds is 6. The first kappa shape index (κ1) is 15.0. The van der Waals surface area contributed by atoms with Crippen LogP contribution in [0.3, 0.4) is 0 Å². The summed E-state index contributed by atoms with van der Waals surface area (Å²) in [7, 11) is 0. The largest absolute Gasteiger partial charge is 0.380 e. The van der Waals surface area contributed by atoms with Crippen molar-refractivity contribution in [3.8, 4) is 0 Å². The van der Waals surface area contributed by atoms with Crippen LogP contribution in [-0.2, 0) is 4.79 Å². The molecule has 1 aromatic carbocycles. The maximum Gasteiger partial charge on any atom is 0.222 e. The number of nitrogens with one attached hydrogen (secondary N) is 2. The lowest BCUT2D eigenvalue weighted by atomic mass is 10.1. The minimum atomic E-state index is -0.0605. The molecule has 0 fully saturated rings. The Labute approximate surface area is 116 Å². The lowest BCUT2D eigenvalue weighted by molar-refractivity contribution is -0.121. The molecule has 0 spiro atoms. The third-order valence-electron chi connectivity index (χ3n) is 2.57. The van der Waals surface area contributed by atoms with Crippen LogP contribution in [0.4, 0.5) is 5.69 Å². The summed E-state index contributed by atoms with van der Waals surface area (Å²) in [6.45, 7) is 4.99. The molecule has 18 heavy (non-hydrogen) atoms. The Morgan fingerprint density at radius 3 is 2.83 bits per heavy atom. The first-order chi connectivity index (χ1) is 8.56. The van der Waals surface area contributed by atoms with Crippen molar-refractivity contribution < 1.29 is 4.79 Å². The standard InChI is InChI=1S/C13H20BrN3O/c1-3-16-13(18)7-10(8-15)17-12-6-9(2)4-5-11(12)14/h4-6,10,17H,3,7-8,15H2,1-2H3,(H,16,18). The number of hydrogen-bond acceptors (Lipinski definition) is 3. The van der Waals surface area contributed by atoms with Gasteiger partial charge in [0, 0.05) is 35.7 Å². The molecule has 0 aliphatic rings. The van der Waals surface area contributed by atoms with Crippen LogP contribution < -0.4 is 16.4 Å². The average molecular weight is 314 g/mol. The van der Waals surface area contributed by atoms with Crippen molar-refractivity contribution in [2.75, 3.05) is 18.4 Å². The SMILES string of the molecule is CCNC(=O)CC(CN)Nc1cc(C)ccc1Br. The Hall–Kier alpha value is -1.07. The highest BCUT2D eigenvalue weighted by atomic mass is 79.9. The van der Waals surface area contributed by atoms with Crippen LogP contribution in [-0.4, -0.2) is 25.0 Å². The van der Waals surface area contributed by atoms with Gasteiger partial charge in [0.2, 0.25) is 5.91 Å². The van der Waals surface area contributed by atoms with Gasteiger partial charge in [0.1, 0.15) is 0 Å². The van der Waals surface area contributed by atoms with Crippen molar-refractivity contribution in [1.82, 2.24) is 5.32 Å². The second kappa shape index (κ2) is 7.38. The van der Waals surface area contributed by atoms with Crippen LogP contribution in [0.5, 0.6) is 0 Å². The Bertz CT molecular complexity index is 409. The van der Waals surface area contributed by atoms with Gasteiger partial charge in [-0.1, -0.05) is 6.07 Å². The van der Waals surface area contributed by atoms with Gasteiger partial charge in [-0.3, -0.25) is 4.79 Å². The lowest BCUT2D eigenvalue weighted by Gasteiger charge is -2.19. The molecule has 1 rings (SSSR count). The van der Waals surface area contributed by atoms with E-state index < -0.39 is 0 Å². The van der Waals surface area contributed by atoms with Gasteiger partial charge >= 0.3 is 0 Å². The first-order valence-corrected chi connectivity index (χ1v) is 6.85. The van der Waals surface area contributed by atoms with E-state index in [2.05, 4.69) is 26.6 Å². The van der Waals surface area contributed by atoms with Crippen LogP contribution in [0.1, 0.15) is 18.9 Å². The van der Waals surface area contributed by atoms with Crippen molar-refractivity contribution >= 4 is 27.5 Å². The average Bonchev–Trinajstić information content (AvgIpc) is 2.33. The molecule has 4 nitrogen and oxygen atoms in total. The van der Waals surface area contributed by atoms with Gasteiger partial charge in [0.25, 0.3) is 0 Å². The molecule has 1 unspecified atom stereocenters. The molecule has 4 N–H and O–H groups in total. The molecule has 0 saturated carbocycles. The Morgan fingerprint density at radius 2 is 2.22 bits per heavy atom. The fourth-order valence-corrected chi connectivity index (χ4v) is 2.02. The quantitative estimate of drug-likeness (QED) is 0.752. The van der Waals surface area contributed by atoms with Gasteiger partial charge in [0.05, 0.1) is 0 Å². The molecule has 100 valence electrons. The number of carbonyl (C=O) groups excluding carboxylic acids is 1. The molecule has 1 atom stereocenters. The van der Waals surface area contributed by atoms with Crippen LogP contribution in [0.25, 0.3) is 0 Å². The summed E-state index contributed by atoms with van der Waals surface area (Å²) in [5.41, 5.74) is 7.82. The van der Waals surface area contributed by atoms with Gasteiger partial charge in [0.15, 0.2) is 0 Å². The normalized spacial score (nSPS) is 12.0. The zero-order valence-corrected chi connectivity index (χ0v) is 12.4. The topological polar surface area (TPSA) is 67.2 Å². The molecule has 0 bridgehead atoms. The second-order valence-electron chi connectivity index (χ2n) is 4.22. The summed E-state index contributed by atoms with van der Waals surface area (Å²) in [4.78, 5) is 11.5. The summed E-state index contributed by atoms with van der Waals surface area (Å²) in [5.74, 6) is 0.0178. The van der Waals surface area contributed by atoms with Gasteiger partial charge in [-0.15, -0.1) is 0 Å². The minimum Gasteiger partial charge on any atom is -0.380 e. The van der Waals surface area contributed by atoms with Crippen molar-refractivity contribution in [3.63, 3.8) is 0 Å². The molecule has 0 aliphatic heterocycles. The van der Waals surface area contributed by atoms with E-state index in [0.29, 0.717) is 19.5 Å². The molecule has 1 amide bonds. The fraction of sp³-hybridized carbons (Fsp3) is 0.462. The predicted octanol–water partition coefficient (Wildman–Crippen LogP) is 2.02. The monoisotopic (exact) mass is 313 g/mol. The zero-order chi connectivity index (χ0) is 13.5. The van der Waals surface area contributed by atoms with Crippen molar-refractivity contribution in [2.24, 2.45) is 5.73 Å². The molecular weight excluding hydrogens is 294 g/mol. The van der Waals surface area contributed by atoms with Crippen LogP contribution in [0.15, 0.2) is 22.7 Å². The minimum absolute atomic E-state index is 0.0178. The van der Waals surface area contributed by atoms with Gasteiger partial charge in [-0.05, 0) is 47.5 Å². The third kappa shape index (κ3) is 4.66. The highest BCUT2D eigenvalue weighted by Gasteiger charge is 2.12. The lowest BCUT2D eigenvalue weighted by Crippen LogP contribution is -2.35. The van der Waals surface area contributed by atoms with E-state index >= 15 is 0 Å². The highest BCUT2D eigenvalue weighted by Crippen LogP contribution is 2.24. The first-order valence-electron chi connectivity index (χ1n) is 6.06. The Kier molecular flexibility index (Phi) is 6.15. The van der Waals surface area contributed by atoms with E-state index in [1.54, 1.807) is 0 Å². The maximum absolute atomic E-state index is 11.5. The van der Waals surface area contributed by atoms with E-state index in [-0.39, 0.29) is 11.9 Å². The molecule has 0 aromatic heterocycles. The highest BCUT2D eigenvalue weighted by molar-refractivity contribution is 9.10. The second-order valence-corrected chi connectivity index (χ2v) is 5.07. The Balaban J connectivity index is 2.67. The van der Waals surface area contributed by atoms with E-state index in [9.17, 15) is 4.79 Å². The Morgan fingerprint density at radius 1 is 1.50 bits per heavy atom. The molecule has 1 aromatic rings. The smallest absolute Gasteiger partial charge is 0.222 e. The van der Waals surface area contributed by atoms with Crippen molar-refractivity contribution in [2.45, 2.75) is 26.3 Å². The third-order valence-corrected chi connectivity index (χ3v) is 3.26. The van der Waals surface area contributed by atoms with E-state index in [0.717, 1.165) is 15.7 Å². The molecule has 0 heterocycles. The van der Waals surface area contributed by atoms with E-state index in [1.165, 1.54) is 0 Å². The summed E-state index contributed by atoms with van der Waals surface area (Å²) in [5, 5.41) is 6.07. The van der Waals surface area contributed by atoms with Crippen LogP contribution in [0, 0.1) is 6.92 Å². The van der Waals surface area contributed by atoms with Gasteiger partial charge < -0.3 is 16.4 Å². The molecule has 0 radical (unpaired) electrons. The number of anilines is 1. The maximum atomic E-state index is 11.5.